The molecular weight excluding hydrogens is 484 g/mol. The fourth-order valence-corrected chi connectivity index (χ4v) is 5.59. The van der Waals surface area contributed by atoms with E-state index in [1.54, 1.807) is 24.3 Å². The SMILES string of the molecule is CC1(C)Cc2cccc(OCc3ccc(C(=O)Nc4nc5ccc(S(C)(=O)=O)cc5s4)cc3)c2O1. The average molecular weight is 509 g/mol. The van der Waals surface area contributed by atoms with Crippen LogP contribution in [0.25, 0.3) is 10.2 Å². The molecule has 1 aliphatic heterocycles. The number of ether oxygens (including phenoxy) is 2. The Kier molecular flexibility index (Phi) is 5.77. The van der Waals surface area contributed by atoms with Gasteiger partial charge in [-0.1, -0.05) is 35.6 Å². The van der Waals surface area contributed by atoms with Crippen LogP contribution in [0, 0.1) is 0 Å². The molecule has 1 aliphatic rings. The third kappa shape index (κ3) is 5.01. The predicted molar refractivity (Wildman–Crippen MR) is 136 cm³/mol. The summed E-state index contributed by atoms with van der Waals surface area (Å²) >= 11 is 1.23. The van der Waals surface area contributed by atoms with E-state index in [4.69, 9.17) is 9.47 Å². The molecule has 0 aliphatic carbocycles. The molecule has 0 atom stereocenters. The van der Waals surface area contributed by atoms with Gasteiger partial charge in [0.15, 0.2) is 26.5 Å². The van der Waals surface area contributed by atoms with Gasteiger partial charge in [-0.05, 0) is 55.8 Å². The normalized spacial score (nSPS) is 14.4. The van der Waals surface area contributed by atoms with Crippen molar-refractivity contribution in [3.63, 3.8) is 0 Å². The fraction of sp³-hybridized carbons (Fsp3) is 0.231. The molecule has 2 heterocycles. The summed E-state index contributed by atoms with van der Waals surface area (Å²) in [6, 6.07) is 17.8. The Balaban J connectivity index is 1.24. The van der Waals surface area contributed by atoms with E-state index in [1.807, 2.05) is 24.3 Å². The van der Waals surface area contributed by atoms with Crippen molar-refractivity contribution in [3.8, 4) is 11.5 Å². The third-order valence-corrected chi connectivity index (χ3v) is 7.72. The molecule has 0 spiro atoms. The molecule has 0 unspecified atom stereocenters. The van der Waals surface area contributed by atoms with E-state index in [1.165, 1.54) is 17.4 Å². The van der Waals surface area contributed by atoms with Gasteiger partial charge in [-0.25, -0.2) is 13.4 Å². The molecule has 0 saturated heterocycles. The minimum atomic E-state index is -3.31. The van der Waals surface area contributed by atoms with Crippen molar-refractivity contribution in [1.29, 1.82) is 0 Å². The molecule has 35 heavy (non-hydrogen) atoms. The third-order valence-electron chi connectivity index (χ3n) is 5.67. The number of carbonyl (C=O) groups is 1. The molecule has 0 radical (unpaired) electrons. The van der Waals surface area contributed by atoms with E-state index >= 15 is 0 Å². The maximum absolute atomic E-state index is 12.7. The number of sulfone groups is 1. The van der Waals surface area contributed by atoms with Gasteiger partial charge in [-0.3, -0.25) is 10.1 Å². The highest BCUT2D eigenvalue weighted by atomic mass is 32.2. The van der Waals surface area contributed by atoms with Gasteiger partial charge >= 0.3 is 0 Å². The van der Waals surface area contributed by atoms with Gasteiger partial charge in [0, 0.05) is 23.8 Å². The number of amides is 1. The lowest BCUT2D eigenvalue weighted by molar-refractivity contribution is 0.102. The molecule has 5 rings (SSSR count). The Morgan fingerprint density at radius 1 is 1.14 bits per heavy atom. The summed E-state index contributed by atoms with van der Waals surface area (Å²) < 4.78 is 36.3. The molecule has 3 aromatic carbocycles. The van der Waals surface area contributed by atoms with E-state index in [-0.39, 0.29) is 16.4 Å². The van der Waals surface area contributed by atoms with E-state index < -0.39 is 9.84 Å². The van der Waals surface area contributed by atoms with Crippen LogP contribution in [0.2, 0.25) is 0 Å². The predicted octanol–water partition coefficient (Wildman–Crippen LogP) is 5.24. The minimum Gasteiger partial charge on any atom is -0.485 e. The number of nitrogens with zero attached hydrogens (tertiary/aromatic N) is 1. The van der Waals surface area contributed by atoms with Crippen molar-refractivity contribution < 1.29 is 22.7 Å². The van der Waals surface area contributed by atoms with Crippen LogP contribution in [0.3, 0.4) is 0 Å². The molecular formula is C26H24N2O5S2. The van der Waals surface area contributed by atoms with Crippen LogP contribution in [0.5, 0.6) is 11.5 Å². The number of aromatic nitrogens is 1. The molecule has 1 N–H and O–H groups in total. The standard InChI is InChI=1S/C26H24N2O5S2/c1-26(2)14-18-5-4-6-21(23(18)33-26)32-15-16-7-9-17(10-8-16)24(29)28-25-27-20-12-11-19(35(3,30)31)13-22(20)34-25/h4-13H,14-15H2,1-3H3,(H,27,28,29). The highest BCUT2D eigenvalue weighted by molar-refractivity contribution is 7.90. The summed E-state index contributed by atoms with van der Waals surface area (Å²) in [6.07, 6.45) is 2.00. The summed E-state index contributed by atoms with van der Waals surface area (Å²) in [4.78, 5) is 17.3. The van der Waals surface area contributed by atoms with Gasteiger partial charge in [-0.2, -0.15) is 0 Å². The number of rotatable bonds is 6. The second kappa shape index (κ2) is 8.66. The average Bonchev–Trinajstić information content (AvgIpc) is 3.35. The van der Waals surface area contributed by atoms with Crippen molar-refractivity contribution in [2.45, 2.75) is 37.4 Å². The Bertz CT molecular complexity index is 1540. The summed E-state index contributed by atoms with van der Waals surface area (Å²) in [7, 11) is -3.31. The number of para-hydroxylation sites is 1. The monoisotopic (exact) mass is 508 g/mol. The van der Waals surface area contributed by atoms with Crippen molar-refractivity contribution in [2.24, 2.45) is 0 Å². The van der Waals surface area contributed by atoms with Gasteiger partial charge in [0.25, 0.3) is 5.91 Å². The largest absolute Gasteiger partial charge is 0.485 e. The van der Waals surface area contributed by atoms with Crippen molar-refractivity contribution in [2.75, 3.05) is 11.6 Å². The molecule has 1 aromatic heterocycles. The van der Waals surface area contributed by atoms with E-state index in [0.717, 1.165) is 29.6 Å². The smallest absolute Gasteiger partial charge is 0.257 e. The molecule has 0 fully saturated rings. The molecule has 9 heteroatoms. The Labute approximate surface area is 207 Å². The van der Waals surface area contributed by atoms with Gasteiger partial charge in [0.1, 0.15) is 12.2 Å². The van der Waals surface area contributed by atoms with Gasteiger partial charge in [0.05, 0.1) is 15.1 Å². The van der Waals surface area contributed by atoms with Crippen LogP contribution in [0.15, 0.2) is 65.6 Å². The number of hydrogen-bond acceptors (Lipinski definition) is 7. The highest BCUT2D eigenvalue weighted by Crippen LogP contribution is 2.42. The zero-order valence-electron chi connectivity index (χ0n) is 19.5. The zero-order valence-corrected chi connectivity index (χ0v) is 21.1. The van der Waals surface area contributed by atoms with Crippen LogP contribution in [0.1, 0.15) is 35.3 Å². The number of nitrogens with one attached hydrogen (secondary N) is 1. The summed E-state index contributed by atoms with van der Waals surface area (Å²) in [5.74, 6) is 1.22. The maximum Gasteiger partial charge on any atom is 0.257 e. The van der Waals surface area contributed by atoms with Crippen LogP contribution in [0.4, 0.5) is 5.13 Å². The van der Waals surface area contributed by atoms with Crippen LogP contribution in [-0.4, -0.2) is 31.2 Å². The lowest BCUT2D eigenvalue weighted by atomic mass is 10.0. The fourth-order valence-electron chi connectivity index (χ4n) is 3.97. The number of hydrogen-bond donors (Lipinski definition) is 1. The first-order valence-electron chi connectivity index (χ1n) is 11.0. The number of carbonyl (C=O) groups excluding carboxylic acids is 1. The molecule has 1 amide bonds. The number of thiazole rings is 1. The second-order valence-electron chi connectivity index (χ2n) is 9.14. The van der Waals surface area contributed by atoms with Crippen molar-refractivity contribution in [1.82, 2.24) is 4.98 Å². The maximum atomic E-state index is 12.7. The Hall–Kier alpha value is -3.43. The first kappa shape index (κ1) is 23.3. The lowest BCUT2D eigenvalue weighted by Gasteiger charge is -2.18. The number of anilines is 1. The van der Waals surface area contributed by atoms with Crippen molar-refractivity contribution in [3.05, 3.63) is 77.4 Å². The Morgan fingerprint density at radius 2 is 1.91 bits per heavy atom. The van der Waals surface area contributed by atoms with Crippen LogP contribution >= 0.6 is 11.3 Å². The van der Waals surface area contributed by atoms with Crippen LogP contribution < -0.4 is 14.8 Å². The molecule has 7 nitrogen and oxygen atoms in total. The van der Waals surface area contributed by atoms with E-state index in [9.17, 15) is 13.2 Å². The molecule has 0 bridgehead atoms. The van der Waals surface area contributed by atoms with Crippen LogP contribution in [-0.2, 0) is 22.9 Å². The lowest BCUT2D eigenvalue weighted by Crippen LogP contribution is -2.24. The number of benzene rings is 3. The topological polar surface area (TPSA) is 94.6 Å². The van der Waals surface area contributed by atoms with E-state index in [0.29, 0.717) is 33.3 Å². The molecule has 180 valence electrons. The summed E-state index contributed by atoms with van der Waals surface area (Å²) in [5, 5.41) is 3.20. The molecule has 4 aromatic rings. The zero-order chi connectivity index (χ0) is 24.8. The summed E-state index contributed by atoms with van der Waals surface area (Å²) in [5.41, 5.74) is 2.93. The Morgan fingerprint density at radius 3 is 2.66 bits per heavy atom. The van der Waals surface area contributed by atoms with Gasteiger partial charge in [-0.15, -0.1) is 0 Å². The van der Waals surface area contributed by atoms with Gasteiger partial charge in [0.2, 0.25) is 0 Å². The van der Waals surface area contributed by atoms with E-state index in [2.05, 4.69) is 30.2 Å². The second-order valence-corrected chi connectivity index (χ2v) is 12.2. The first-order chi connectivity index (χ1) is 16.6. The van der Waals surface area contributed by atoms with Gasteiger partial charge < -0.3 is 9.47 Å². The highest BCUT2D eigenvalue weighted by Gasteiger charge is 2.32. The minimum absolute atomic E-state index is 0.222. The quantitative estimate of drug-likeness (QED) is 0.383. The van der Waals surface area contributed by atoms with Crippen molar-refractivity contribution >= 4 is 42.4 Å². The summed E-state index contributed by atoms with van der Waals surface area (Å²) in [6.45, 7) is 4.46. The molecule has 0 saturated carbocycles. The first-order valence-corrected chi connectivity index (χ1v) is 13.7. The number of fused-ring (bicyclic) bond motifs is 2.